The molecule has 1 aliphatic rings. The Morgan fingerprint density at radius 1 is 1.07 bits per heavy atom. The number of hydroxylamine groups is 2. The SMILES string of the molecule is Cc1ccc(S(=O)(=O)ON2CCC(c3ccccc3)(c3csc(N)n3)CC2)cc1. The second-order valence-electron chi connectivity index (χ2n) is 7.29. The van der Waals surface area contributed by atoms with Crippen LogP contribution in [0.15, 0.2) is 64.9 Å². The predicted octanol–water partition coefficient (Wildman–Crippen LogP) is 3.74. The molecule has 29 heavy (non-hydrogen) atoms. The summed E-state index contributed by atoms with van der Waals surface area (Å²) in [7, 11) is -3.85. The van der Waals surface area contributed by atoms with E-state index in [1.165, 1.54) is 16.4 Å². The van der Waals surface area contributed by atoms with E-state index in [1.54, 1.807) is 24.3 Å². The van der Waals surface area contributed by atoms with Gasteiger partial charge in [0.05, 0.1) is 10.6 Å². The van der Waals surface area contributed by atoms with Gasteiger partial charge in [-0.1, -0.05) is 48.0 Å². The largest absolute Gasteiger partial charge is 0.375 e. The molecule has 2 N–H and O–H groups in total. The maximum Gasteiger partial charge on any atom is 0.313 e. The van der Waals surface area contributed by atoms with Gasteiger partial charge in [-0.25, -0.2) is 4.98 Å². The van der Waals surface area contributed by atoms with Crippen molar-refractivity contribution in [1.82, 2.24) is 10.0 Å². The Balaban J connectivity index is 1.55. The van der Waals surface area contributed by atoms with Crippen LogP contribution in [0.1, 0.15) is 29.7 Å². The first-order valence-electron chi connectivity index (χ1n) is 9.42. The summed E-state index contributed by atoms with van der Waals surface area (Å²) >= 11 is 1.43. The van der Waals surface area contributed by atoms with Gasteiger partial charge in [0, 0.05) is 23.9 Å². The van der Waals surface area contributed by atoms with Crippen LogP contribution < -0.4 is 5.73 Å². The van der Waals surface area contributed by atoms with Gasteiger partial charge in [-0.2, -0.15) is 17.8 Å². The number of piperidine rings is 1. The van der Waals surface area contributed by atoms with E-state index in [-0.39, 0.29) is 10.3 Å². The normalized spacial score (nSPS) is 17.3. The van der Waals surface area contributed by atoms with E-state index in [0.29, 0.717) is 31.1 Å². The van der Waals surface area contributed by atoms with E-state index in [1.807, 2.05) is 30.5 Å². The van der Waals surface area contributed by atoms with Crippen LogP contribution in [-0.2, 0) is 19.8 Å². The monoisotopic (exact) mass is 429 g/mol. The maximum absolute atomic E-state index is 12.6. The van der Waals surface area contributed by atoms with Crippen molar-refractivity contribution in [3.05, 3.63) is 76.8 Å². The van der Waals surface area contributed by atoms with E-state index in [4.69, 9.17) is 10.0 Å². The van der Waals surface area contributed by atoms with Gasteiger partial charge in [0.25, 0.3) is 0 Å². The zero-order chi connectivity index (χ0) is 20.5. The fourth-order valence-electron chi connectivity index (χ4n) is 3.79. The summed E-state index contributed by atoms with van der Waals surface area (Å²) in [6.07, 6.45) is 1.37. The van der Waals surface area contributed by atoms with Crippen molar-refractivity contribution < 1.29 is 12.7 Å². The molecular weight excluding hydrogens is 406 g/mol. The van der Waals surface area contributed by atoms with Crippen LogP contribution in [0.5, 0.6) is 0 Å². The summed E-state index contributed by atoms with van der Waals surface area (Å²) in [6.45, 7) is 2.85. The first-order chi connectivity index (χ1) is 13.9. The van der Waals surface area contributed by atoms with E-state index < -0.39 is 10.1 Å². The lowest BCUT2D eigenvalue weighted by Gasteiger charge is -2.40. The van der Waals surface area contributed by atoms with Gasteiger partial charge < -0.3 is 5.73 Å². The third kappa shape index (κ3) is 4.06. The Morgan fingerprint density at radius 2 is 1.72 bits per heavy atom. The van der Waals surface area contributed by atoms with Crippen LogP contribution >= 0.6 is 11.3 Å². The lowest BCUT2D eigenvalue weighted by atomic mass is 9.71. The van der Waals surface area contributed by atoms with Gasteiger partial charge in [0.15, 0.2) is 5.13 Å². The van der Waals surface area contributed by atoms with E-state index in [2.05, 4.69) is 17.1 Å². The van der Waals surface area contributed by atoms with Crippen LogP contribution in [0.25, 0.3) is 0 Å². The summed E-state index contributed by atoms with van der Waals surface area (Å²) in [5, 5.41) is 4.07. The van der Waals surface area contributed by atoms with Crippen LogP contribution in [-0.4, -0.2) is 31.6 Å². The molecule has 1 fully saturated rings. The number of thiazole rings is 1. The van der Waals surface area contributed by atoms with Gasteiger partial charge in [-0.05, 0) is 37.5 Å². The highest BCUT2D eigenvalue weighted by atomic mass is 32.2. The number of nitrogen functional groups attached to an aromatic ring is 1. The van der Waals surface area contributed by atoms with Gasteiger partial charge >= 0.3 is 10.1 Å². The third-order valence-corrected chi connectivity index (χ3v) is 7.36. The van der Waals surface area contributed by atoms with Crippen molar-refractivity contribution in [2.75, 3.05) is 18.8 Å². The molecule has 4 rings (SSSR count). The molecule has 8 heteroatoms. The summed E-state index contributed by atoms with van der Waals surface area (Å²) < 4.78 is 30.7. The Morgan fingerprint density at radius 3 is 2.31 bits per heavy atom. The lowest BCUT2D eigenvalue weighted by Crippen LogP contribution is -2.44. The minimum atomic E-state index is -3.85. The summed E-state index contributed by atoms with van der Waals surface area (Å²) in [6, 6.07) is 16.9. The van der Waals surface area contributed by atoms with Crippen LogP contribution in [0, 0.1) is 6.92 Å². The average molecular weight is 430 g/mol. The molecule has 1 aromatic heterocycles. The quantitative estimate of drug-likeness (QED) is 0.665. The second-order valence-corrected chi connectivity index (χ2v) is 9.71. The molecule has 0 radical (unpaired) electrons. The van der Waals surface area contributed by atoms with Crippen molar-refractivity contribution in [3.63, 3.8) is 0 Å². The third-order valence-electron chi connectivity index (χ3n) is 5.43. The second kappa shape index (κ2) is 7.87. The van der Waals surface area contributed by atoms with Gasteiger partial charge in [-0.3, -0.25) is 0 Å². The lowest BCUT2D eigenvalue weighted by molar-refractivity contribution is -0.0768. The van der Waals surface area contributed by atoms with Gasteiger partial charge in [-0.15, -0.1) is 11.3 Å². The molecule has 1 aliphatic heterocycles. The highest BCUT2D eigenvalue weighted by molar-refractivity contribution is 7.86. The zero-order valence-corrected chi connectivity index (χ0v) is 17.7. The molecule has 6 nitrogen and oxygen atoms in total. The number of rotatable bonds is 5. The molecule has 0 spiro atoms. The molecule has 0 amide bonds. The molecule has 0 unspecified atom stereocenters. The highest BCUT2D eigenvalue weighted by Crippen LogP contribution is 2.42. The predicted molar refractivity (Wildman–Crippen MR) is 114 cm³/mol. The molecule has 3 aromatic rings. The number of aromatic nitrogens is 1. The number of anilines is 1. The summed E-state index contributed by atoms with van der Waals surface area (Å²) in [5.74, 6) is 0. The Labute approximate surface area is 175 Å². The van der Waals surface area contributed by atoms with E-state index >= 15 is 0 Å². The molecule has 2 aromatic carbocycles. The molecule has 152 valence electrons. The smallest absolute Gasteiger partial charge is 0.313 e. The molecule has 0 atom stereocenters. The zero-order valence-electron chi connectivity index (χ0n) is 16.1. The Kier molecular flexibility index (Phi) is 5.44. The van der Waals surface area contributed by atoms with E-state index in [9.17, 15) is 8.42 Å². The number of hydrogen-bond acceptors (Lipinski definition) is 7. The number of nitrogens with zero attached hydrogens (tertiary/aromatic N) is 2. The standard InChI is InChI=1S/C21H23N3O3S2/c1-16-7-9-18(10-8-16)29(25,26)27-24-13-11-21(12-14-24,17-5-3-2-4-6-17)19-15-28-20(22)23-19/h2-10,15H,11-14H2,1H3,(H2,22,23). The Hall–Kier alpha value is -2.26. The minimum Gasteiger partial charge on any atom is -0.375 e. The number of benzene rings is 2. The van der Waals surface area contributed by atoms with E-state index in [0.717, 1.165) is 16.8 Å². The molecular formula is C21H23N3O3S2. The average Bonchev–Trinajstić information content (AvgIpc) is 3.16. The summed E-state index contributed by atoms with van der Waals surface area (Å²) in [4.78, 5) is 4.72. The van der Waals surface area contributed by atoms with Crippen molar-refractivity contribution in [2.24, 2.45) is 0 Å². The molecule has 0 bridgehead atoms. The van der Waals surface area contributed by atoms with Crippen LogP contribution in [0.4, 0.5) is 5.13 Å². The first kappa shape index (κ1) is 20.0. The number of hydrogen-bond donors (Lipinski definition) is 1. The van der Waals surface area contributed by atoms with Gasteiger partial charge in [0.1, 0.15) is 0 Å². The molecule has 0 aliphatic carbocycles. The highest BCUT2D eigenvalue weighted by Gasteiger charge is 2.41. The molecule has 2 heterocycles. The summed E-state index contributed by atoms with van der Waals surface area (Å²) in [5.41, 5.74) is 8.69. The maximum atomic E-state index is 12.6. The first-order valence-corrected chi connectivity index (χ1v) is 11.7. The van der Waals surface area contributed by atoms with Gasteiger partial charge in [0.2, 0.25) is 0 Å². The van der Waals surface area contributed by atoms with Crippen molar-refractivity contribution >= 4 is 26.6 Å². The van der Waals surface area contributed by atoms with Crippen molar-refractivity contribution in [1.29, 1.82) is 0 Å². The van der Waals surface area contributed by atoms with Crippen molar-refractivity contribution in [3.8, 4) is 0 Å². The molecule has 0 saturated carbocycles. The Bertz CT molecular complexity index is 1070. The number of aryl methyl sites for hydroxylation is 1. The fraction of sp³-hybridized carbons (Fsp3) is 0.286. The van der Waals surface area contributed by atoms with Crippen LogP contribution in [0.2, 0.25) is 0 Å². The topological polar surface area (TPSA) is 85.5 Å². The minimum absolute atomic E-state index is 0.162. The fourth-order valence-corrected chi connectivity index (χ4v) is 5.43. The van der Waals surface area contributed by atoms with Crippen LogP contribution in [0.3, 0.4) is 0 Å². The van der Waals surface area contributed by atoms with Crippen molar-refractivity contribution in [2.45, 2.75) is 30.1 Å². The number of nitrogens with two attached hydrogens (primary N) is 1. The molecule has 1 saturated heterocycles.